The van der Waals surface area contributed by atoms with Gasteiger partial charge in [-0.15, -0.1) is 0 Å². The maximum atomic E-state index is 9.87. The van der Waals surface area contributed by atoms with Crippen molar-refractivity contribution in [1.82, 2.24) is 4.90 Å². The molecule has 2 aliphatic rings. The molecule has 0 heterocycles. The molecule has 0 aromatic heterocycles. The number of ketones is 1. The number of aliphatic hydroxyl groups excluding tert-OH is 1. The van der Waals surface area contributed by atoms with E-state index < -0.39 is 0 Å². The Bertz CT molecular complexity index is 240. The van der Waals surface area contributed by atoms with Crippen molar-refractivity contribution in [2.75, 3.05) is 14.1 Å². The van der Waals surface area contributed by atoms with E-state index in [0.717, 1.165) is 6.04 Å². The molecule has 0 radical (unpaired) electrons. The van der Waals surface area contributed by atoms with Gasteiger partial charge in [0.2, 0.25) is 0 Å². The summed E-state index contributed by atoms with van der Waals surface area (Å²) < 4.78 is 0. The number of hydrogen-bond donors (Lipinski definition) is 1. The van der Waals surface area contributed by atoms with E-state index >= 15 is 0 Å². The fourth-order valence-electron chi connectivity index (χ4n) is 1.93. The van der Waals surface area contributed by atoms with Crippen molar-refractivity contribution in [2.24, 2.45) is 0 Å². The second-order valence-corrected chi connectivity index (χ2v) is 4.53. The minimum Gasteiger partial charge on any atom is -0.512 e. The fraction of sp³-hybridized carbons (Fsp3) is 0.750. The number of rotatable bonds is 1. The molecule has 2 rings (SSSR count). The van der Waals surface area contributed by atoms with Gasteiger partial charge in [0, 0.05) is 12.1 Å². The van der Waals surface area contributed by atoms with Gasteiger partial charge >= 0.3 is 0 Å². The van der Waals surface area contributed by atoms with Crippen molar-refractivity contribution in [2.45, 2.75) is 44.6 Å². The number of nitrogens with zero attached hydrogens (tertiary/aromatic N) is 1. The van der Waals surface area contributed by atoms with Gasteiger partial charge in [-0.1, -0.05) is 19.3 Å². The van der Waals surface area contributed by atoms with E-state index in [1.165, 1.54) is 38.2 Å². The maximum absolute atomic E-state index is 9.87. The third-order valence-electron chi connectivity index (χ3n) is 2.99. The summed E-state index contributed by atoms with van der Waals surface area (Å²) >= 11 is 0. The van der Waals surface area contributed by atoms with Crippen LogP contribution in [0.25, 0.3) is 0 Å². The molecule has 3 heteroatoms. The Morgan fingerprint density at radius 2 is 1.80 bits per heavy atom. The third-order valence-corrected chi connectivity index (χ3v) is 2.99. The van der Waals surface area contributed by atoms with E-state index in [-0.39, 0.29) is 18.0 Å². The Hall–Kier alpha value is -0.830. The van der Waals surface area contributed by atoms with Gasteiger partial charge in [-0.25, -0.2) is 0 Å². The second-order valence-electron chi connectivity index (χ2n) is 4.53. The van der Waals surface area contributed by atoms with Crippen LogP contribution in [0.2, 0.25) is 0 Å². The second kappa shape index (κ2) is 5.91. The molecule has 15 heavy (non-hydrogen) atoms. The third kappa shape index (κ3) is 4.47. The van der Waals surface area contributed by atoms with Crippen molar-refractivity contribution in [3.63, 3.8) is 0 Å². The summed E-state index contributed by atoms with van der Waals surface area (Å²) in [6.07, 6.45) is 8.68. The van der Waals surface area contributed by atoms with Gasteiger partial charge in [-0.3, -0.25) is 4.79 Å². The number of allylic oxidation sites excluding steroid dienone is 2. The van der Waals surface area contributed by atoms with Crippen LogP contribution in [0.3, 0.4) is 0 Å². The summed E-state index contributed by atoms with van der Waals surface area (Å²) in [5, 5.41) is 8.26. The predicted molar refractivity (Wildman–Crippen MR) is 60.9 cm³/mol. The lowest BCUT2D eigenvalue weighted by molar-refractivity contribution is -0.116. The zero-order chi connectivity index (χ0) is 11.3. The van der Waals surface area contributed by atoms with Crippen molar-refractivity contribution < 1.29 is 9.90 Å². The van der Waals surface area contributed by atoms with E-state index in [4.69, 9.17) is 5.11 Å². The van der Waals surface area contributed by atoms with Crippen LogP contribution in [-0.4, -0.2) is 35.9 Å². The first-order chi connectivity index (χ1) is 7.09. The van der Waals surface area contributed by atoms with Crippen LogP contribution in [0.4, 0.5) is 0 Å². The number of aliphatic hydroxyl groups is 1. The van der Waals surface area contributed by atoms with Crippen molar-refractivity contribution in [3.8, 4) is 0 Å². The standard InChI is InChI=1S/C8H17N.C4H4O2/c1-9(2)8-6-4-3-5-7-8;5-3-1-4(6)2-3/h8H,3-7H2,1-2H3;1,5H,2H2. The van der Waals surface area contributed by atoms with Gasteiger partial charge in [-0.2, -0.15) is 0 Å². The molecular formula is C12H21NO2. The summed E-state index contributed by atoms with van der Waals surface area (Å²) in [7, 11) is 4.38. The number of carbonyl (C=O) groups excluding carboxylic acids is 1. The predicted octanol–water partition coefficient (Wildman–Crippen LogP) is 2.28. The van der Waals surface area contributed by atoms with Gasteiger partial charge in [-0.05, 0) is 26.9 Å². The summed E-state index contributed by atoms with van der Waals surface area (Å²) in [5.74, 6) is 0.229. The highest BCUT2D eigenvalue weighted by Crippen LogP contribution is 2.20. The monoisotopic (exact) mass is 211 g/mol. The Balaban J connectivity index is 0.000000162. The molecule has 0 unspecified atom stereocenters. The van der Waals surface area contributed by atoms with E-state index in [0.29, 0.717) is 0 Å². The molecule has 3 nitrogen and oxygen atoms in total. The van der Waals surface area contributed by atoms with Gasteiger partial charge in [0.05, 0.1) is 6.42 Å². The van der Waals surface area contributed by atoms with Gasteiger partial charge < -0.3 is 10.0 Å². The smallest absolute Gasteiger partial charge is 0.166 e. The molecule has 0 spiro atoms. The molecular weight excluding hydrogens is 190 g/mol. The van der Waals surface area contributed by atoms with E-state index in [2.05, 4.69) is 19.0 Å². The zero-order valence-corrected chi connectivity index (χ0v) is 9.70. The minimum absolute atomic E-state index is 0.0208. The highest BCUT2D eigenvalue weighted by Gasteiger charge is 2.14. The van der Waals surface area contributed by atoms with Crippen LogP contribution < -0.4 is 0 Å². The lowest BCUT2D eigenvalue weighted by Crippen LogP contribution is -2.29. The first kappa shape index (κ1) is 12.2. The highest BCUT2D eigenvalue weighted by molar-refractivity contribution is 5.97. The summed E-state index contributed by atoms with van der Waals surface area (Å²) in [6.45, 7) is 0. The van der Waals surface area contributed by atoms with Crippen molar-refractivity contribution >= 4 is 5.78 Å². The highest BCUT2D eigenvalue weighted by atomic mass is 16.3. The molecule has 0 bridgehead atoms. The zero-order valence-electron chi connectivity index (χ0n) is 9.70. The molecule has 0 aromatic rings. The Kier molecular flexibility index (Phi) is 4.82. The normalized spacial score (nSPS) is 21.5. The Morgan fingerprint density at radius 3 is 2.00 bits per heavy atom. The Labute approximate surface area is 91.8 Å². The van der Waals surface area contributed by atoms with E-state index in [1.807, 2.05) is 0 Å². The van der Waals surface area contributed by atoms with Crippen LogP contribution >= 0.6 is 0 Å². The molecule has 0 aromatic carbocycles. The van der Waals surface area contributed by atoms with Crippen molar-refractivity contribution in [1.29, 1.82) is 0 Å². The quantitative estimate of drug-likeness (QED) is 0.723. The molecule has 0 saturated heterocycles. The molecule has 2 aliphatic carbocycles. The van der Waals surface area contributed by atoms with Crippen LogP contribution in [0.1, 0.15) is 38.5 Å². The largest absolute Gasteiger partial charge is 0.512 e. The summed E-state index contributed by atoms with van der Waals surface area (Å²) in [5.41, 5.74) is 0. The lowest BCUT2D eigenvalue weighted by atomic mass is 9.95. The van der Waals surface area contributed by atoms with Gasteiger partial charge in [0.15, 0.2) is 5.78 Å². The summed E-state index contributed by atoms with van der Waals surface area (Å²) in [6, 6.07) is 0.888. The molecule has 1 saturated carbocycles. The maximum Gasteiger partial charge on any atom is 0.166 e. The molecule has 0 aliphatic heterocycles. The molecule has 1 N–H and O–H groups in total. The molecule has 0 atom stereocenters. The van der Waals surface area contributed by atoms with Crippen LogP contribution in [0.5, 0.6) is 0 Å². The van der Waals surface area contributed by atoms with Crippen LogP contribution in [0, 0.1) is 0 Å². The van der Waals surface area contributed by atoms with Crippen molar-refractivity contribution in [3.05, 3.63) is 11.8 Å². The van der Waals surface area contributed by atoms with Crippen LogP contribution in [-0.2, 0) is 4.79 Å². The topological polar surface area (TPSA) is 40.5 Å². The first-order valence-electron chi connectivity index (χ1n) is 5.68. The van der Waals surface area contributed by atoms with E-state index in [1.54, 1.807) is 0 Å². The van der Waals surface area contributed by atoms with Gasteiger partial charge in [0.25, 0.3) is 0 Å². The number of carbonyl (C=O) groups is 1. The number of hydrogen-bond acceptors (Lipinski definition) is 3. The molecule has 86 valence electrons. The fourth-order valence-corrected chi connectivity index (χ4v) is 1.93. The average Bonchev–Trinajstić information content (AvgIpc) is 2.18. The Morgan fingerprint density at radius 1 is 1.27 bits per heavy atom. The first-order valence-corrected chi connectivity index (χ1v) is 5.68. The lowest BCUT2D eigenvalue weighted by Gasteiger charge is -2.27. The van der Waals surface area contributed by atoms with Gasteiger partial charge in [0.1, 0.15) is 5.76 Å². The van der Waals surface area contributed by atoms with Crippen LogP contribution in [0.15, 0.2) is 11.8 Å². The average molecular weight is 211 g/mol. The van der Waals surface area contributed by atoms with E-state index in [9.17, 15) is 4.79 Å². The summed E-state index contributed by atoms with van der Waals surface area (Å²) in [4.78, 5) is 12.2. The molecule has 0 amide bonds. The molecule has 1 fully saturated rings. The minimum atomic E-state index is 0.0208. The SMILES string of the molecule is CN(C)C1CCCCC1.O=C1C=C(O)C1.